The zero-order chi connectivity index (χ0) is 11.5. The van der Waals surface area contributed by atoms with E-state index in [1.807, 2.05) is 0 Å². The third-order valence-electron chi connectivity index (χ3n) is 1.99. The van der Waals surface area contributed by atoms with E-state index in [1.54, 1.807) is 0 Å². The van der Waals surface area contributed by atoms with Crippen molar-refractivity contribution in [1.82, 2.24) is 0 Å². The predicted octanol–water partition coefficient (Wildman–Crippen LogP) is 2.29. The number of rotatable bonds is 3. The Morgan fingerprint density at radius 3 is 2.60 bits per heavy atom. The number of aldehydes is 1. The number of carbonyl (C=O) groups excluding carboxylic acids is 1. The van der Waals surface area contributed by atoms with Crippen LogP contribution in [0.25, 0.3) is 0 Å². The molecular formula is C10H10F3NO. The molecule has 0 aliphatic carbocycles. The Morgan fingerprint density at radius 2 is 2.07 bits per heavy atom. The van der Waals surface area contributed by atoms with E-state index in [1.165, 1.54) is 12.1 Å². The SMILES string of the molecule is N[C@@H](CC=O)c1cccc(C(F)(F)F)c1. The largest absolute Gasteiger partial charge is 0.416 e. The van der Waals surface area contributed by atoms with E-state index in [4.69, 9.17) is 5.73 Å². The molecule has 1 rings (SSSR count). The summed E-state index contributed by atoms with van der Waals surface area (Å²) in [4.78, 5) is 10.2. The highest BCUT2D eigenvalue weighted by Crippen LogP contribution is 2.30. The second-order valence-electron chi connectivity index (χ2n) is 3.13. The Hall–Kier alpha value is -1.36. The molecular weight excluding hydrogens is 207 g/mol. The van der Waals surface area contributed by atoms with Crippen LogP contribution in [-0.2, 0) is 11.0 Å². The van der Waals surface area contributed by atoms with Crippen LogP contribution in [0.2, 0.25) is 0 Å². The lowest BCUT2D eigenvalue weighted by Gasteiger charge is -2.12. The molecule has 0 saturated carbocycles. The van der Waals surface area contributed by atoms with E-state index >= 15 is 0 Å². The Bertz CT molecular complexity index is 349. The average molecular weight is 217 g/mol. The molecule has 0 spiro atoms. The first-order chi connectivity index (χ1) is 6.95. The highest BCUT2D eigenvalue weighted by atomic mass is 19.4. The number of carbonyl (C=O) groups is 1. The van der Waals surface area contributed by atoms with Crippen molar-refractivity contribution in [3.05, 3.63) is 35.4 Å². The number of alkyl halides is 3. The van der Waals surface area contributed by atoms with Crippen LogP contribution in [0, 0.1) is 0 Å². The maximum Gasteiger partial charge on any atom is 0.416 e. The first-order valence-corrected chi connectivity index (χ1v) is 4.31. The van der Waals surface area contributed by atoms with Gasteiger partial charge >= 0.3 is 6.18 Å². The Kier molecular flexibility index (Phi) is 3.47. The van der Waals surface area contributed by atoms with E-state index in [0.717, 1.165) is 12.1 Å². The minimum Gasteiger partial charge on any atom is -0.324 e. The highest BCUT2D eigenvalue weighted by molar-refractivity contribution is 5.51. The monoisotopic (exact) mass is 217 g/mol. The van der Waals surface area contributed by atoms with Gasteiger partial charge in [-0.2, -0.15) is 13.2 Å². The summed E-state index contributed by atoms with van der Waals surface area (Å²) in [6.45, 7) is 0. The smallest absolute Gasteiger partial charge is 0.324 e. The highest BCUT2D eigenvalue weighted by Gasteiger charge is 2.30. The van der Waals surface area contributed by atoms with E-state index in [2.05, 4.69) is 0 Å². The molecule has 0 heterocycles. The van der Waals surface area contributed by atoms with Crippen molar-refractivity contribution in [1.29, 1.82) is 0 Å². The van der Waals surface area contributed by atoms with Gasteiger partial charge in [0.25, 0.3) is 0 Å². The van der Waals surface area contributed by atoms with Crippen molar-refractivity contribution in [2.24, 2.45) is 5.73 Å². The number of hydrogen-bond acceptors (Lipinski definition) is 2. The fourth-order valence-corrected chi connectivity index (χ4v) is 1.19. The third-order valence-corrected chi connectivity index (χ3v) is 1.99. The van der Waals surface area contributed by atoms with Gasteiger partial charge in [0, 0.05) is 12.5 Å². The standard InChI is InChI=1S/C10H10F3NO/c11-10(12,13)8-3-1-2-7(6-8)9(14)4-5-15/h1-3,5-6,9H,4,14H2/t9-/m0/s1. The number of benzene rings is 1. The average Bonchev–Trinajstić information content (AvgIpc) is 2.17. The maximum absolute atomic E-state index is 12.3. The molecule has 1 atom stereocenters. The molecule has 0 aliphatic heterocycles. The van der Waals surface area contributed by atoms with Crippen LogP contribution in [0.5, 0.6) is 0 Å². The van der Waals surface area contributed by atoms with Crippen molar-refractivity contribution in [3.8, 4) is 0 Å². The Labute approximate surface area is 84.9 Å². The van der Waals surface area contributed by atoms with Crippen LogP contribution >= 0.6 is 0 Å². The van der Waals surface area contributed by atoms with Crippen LogP contribution in [0.4, 0.5) is 13.2 Å². The summed E-state index contributed by atoms with van der Waals surface area (Å²) >= 11 is 0. The molecule has 82 valence electrons. The summed E-state index contributed by atoms with van der Waals surface area (Å²) in [5, 5.41) is 0. The minimum atomic E-state index is -4.38. The number of nitrogens with two attached hydrogens (primary N) is 1. The molecule has 0 amide bonds. The fourth-order valence-electron chi connectivity index (χ4n) is 1.19. The third kappa shape index (κ3) is 3.06. The number of hydrogen-bond donors (Lipinski definition) is 1. The number of halogens is 3. The molecule has 0 radical (unpaired) electrons. The van der Waals surface area contributed by atoms with Gasteiger partial charge in [-0.25, -0.2) is 0 Å². The second-order valence-corrected chi connectivity index (χ2v) is 3.13. The molecule has 1 aromatic carbocycles. The van der Waals surface area contributed by atoms with Crippen molar-refractivity contribution in [3.63, 3.8) is 0 Å². The fraction of sp³-hybridized carbons (Fsp3) is 0.300. The van der Waals surface area contributed by atoms with Gasteiger partial charge in [0.2, 0.25) is 0 Å². The quantitative estimate of drug-likeness (QED) is 0.789. The van der Waals surface area contributed by atoms with Gasteiger partial charge < -0.3 is 10.5 Å². The van der Waals surface area contributed by atoms with Gasteiger partial charge in [-0.3, -0.25) is 0 Å². The summed E-state index contributed by atoms with van der Waals surface area (Å²) in [5.41, 5.74) is 5.09. The lowest BCUT2D eigenvalue weighted by Crippen LogP contribution is -2.12. The van der Waals surface area contributed by atoms with Crippen LogP contribution < -0.4 is 5.73 Å². The first kappa shape index (κ1) is 11.7. The van der Waals surface area contributed by atoms with Gasteiger partial charge in [-0.15, -0.1) is 0 Å². The zero-order valence-electron chi connectivity index (χ0n) is 7.79. The Morgan fingerprint density at radius 1 is 1.40 bits per heavy atom. The molecule has 15 heavy (non-hydrogen) atoms. The van der Waals surface area contributed by atoms with Crippen molar-refractivity contribution in [2.45, 2.75) is 18.6 Å². The topological polar surface area (TPSA) is 43.1 Å². The maximum atomic E-state index is 12.3. The minimum absolute atomic E-state index is 0.0152. The van der Waals surface area contributed by atoms with Crippen LogP contribution in [0.3, 0.4) is 0 Å². The lowest BCUT2D eigenvalue weighted by atomic mass is 10.0. The molecule has 0 aliphatic rings. The molecule has 0 bridgehead atoms. The van der Waals surface area contributed by atoms with Crippen LogP contribution in [0.15, 0.2) is 24.3 Å². The zero-order valence-corrected chi connectivity index (χ0v) is 7.79. The van der Waals surface area contributed by atoms with Gasteiger partial charge in [-0.1, -0.05) is 12.1 Å². The molecule has 2 N–H and O–H groups in total. The van der Waals surface area contributed by atoms with Crippen molar-refractivity contribution < 1.29 is 18.0 Å². The summed E-state index contributed by atoms with van der Waals surface area (Å²) in [6.07, 6.45) is -3.77. The summed E-state index contributed by atoms with van der Waals surface area (Å²) in [7, 11) is 0. The van der Waals surface area contributed by atoms with E-state index < -0.39 is 17.8 Å². The molecule has 1 aromatic rings. The van der Waals surface area contributed by atoms with Crippen LogP contribution in [0.1, 0.15) is 23.6 Å². The predicted molar refractivity (Wildman–Crippen MR) is 49.1 cm³/mol. The van der Waals surface area contributed by atoms with Gasteiger partial charge in [0.15, 0.2) is 0 Å². The van der Waals surface area contributed by atoms with Gasteiger partial charge in [-0.05, 0) is 17.7 Å². The second kappa shape index (κ2) is 4.44. The molecule has 5 heteroatoms. The Balaban J connectivity index is 2.97. The molecule has 0 saturated heterocycles. The summed E-state index contributed by atoms with van der Waals surface area (Å²) in [5.74, 6) is 0. The molecule has 0 aromatic heterocycles. The van der Waals surface area contributed by atoms with E-state index in [-0.39, 0.29) is 6.42 Å². The van der Waals surface area contributed by atoms with E-state index in [9.17, 15) is 18.0 Å². The lowest BCUT2D eigenvalue weighted by molar-refractivity contribution is -0.137. The first-order valence-electron chi connectivity index (χ1n) is 4.31. The summed E-state index contributed by atoms with van der Waals surface area (Å²) in [6, 6.07) is 4.02. The molecule has 0 fully saturated rings. The van der Waals surface area contributed by atoms with E-state index in [0.29, 0.717) is 11.8 Å². The van der Waals surface area contributed by atoms with Gasteiger partial charge in [0.05, 0.1) is 5.56 Å². The van der Waals surface area contributed by atoms with Crippen molar-refractivity contribution >= 4 is 6.29 Å². The normalized spacial score (nSPS) is 13.6. The van der Waals surface area contributed by atoms with Crippen molar-refractivity contribution in [2.75, 3.05) is 0 Å². The summed E-state index contributed by atoms with van der Waals surface area (Å²) < 4.78 is 36.9. The molecule has 0 unspecified atom stereocenters. The van der Waals surface area contributed by atoms with Gasteiger partial charge in [0.1, 0.15) is 6.29 Å². The van der Waals surface area contributed by atoms with Crippen LogP contribution in [-0.4, -0.2) is 6.29 Å². The molecule has 2 nitrogen and oxygen atoms in total.